The molecule has 0 radical (unpaired) electrons. The maximum Gasteiger partial charge on any atom is 0.295 e. The minimum atomic E-state index is -0.466. The highest BCUT2D eigenvalue weighted by atomic mass is 32.1. The molecule has 1 aromatic carbocycles. The summed E-state index contributed by atoms with van der Waals surface area (Å²) in [5.41, 5.74) is 3.46. The first-order valence-corrected chi connectivity index (χ1v) is 10.2. The number of carbonyl (C=O) groups excluding carboxylic acids is 1. The maximum absolute atomic E-state index is 13.3. The third-order valence-corrected chi connectivity index (χ3v) is 5.12. The van der Waals surface area contributed by atoms with Gasteiger partial charge < -0.3 is 4.42 Å². The van der Waals surface area contributed by atoms with Crippen molar-refractivity contribution in [2.75, 3.05) is 5.32 Å². The van der Waals surface area contributed by atoms with Crippen molar-refractivity contribution in [2.24, 2.45) is 0 Å². The van der Waals surface area contributed by atoms with E-state index in [2.05, 4.69) is 20.3 Å². The van der Waals surface area contributed by atoms with Gasteiger partial charge in [0.05, 0.1) is 5.69 Å². The molecule has 152 valence electrons. The SMILES string of the molecule is Cc1ccnc(-c2csc(NC(=O)c3oc(C(C)C)nc3-c3ccc(F)cc3)n2)c1. The van der Waals surface area contributed by atoms with Crippen LogP contribution >= 0.6 is 11.3 Å². The number of benzene rings is 1. The van der Waals surface area contributed by atoms with Gasteiger partial charge in [-0.15, -0.1) is 11.3 Å². The van der Waals surface area contributed by atoms with Gasteiger partial charge in [-0.05, 0) is 48.9 Å². The molecular weight excluding hydrogens is 403 g/mol. The number of oxazole rings is 1. The summed E-state index contributed by atoms with van der Waals surface area (Å²) in [7, 11) is 0. The average Bonchev–Trinajstić information content (AvgIpc) is 3.36. The van der Waals surface area contributed by atoms with Crippen LogP contribution in [-0.4, -0.2) is 20.9 Å². The number of hydrogen-bond donors (Lipinski definition) is 1. The first kappa shape index (κ1) is 19.9. The molecule has 1 amide bonds. The van der Waals surface area contributed by atoms with E-state index >= 15 is 0 Å². The van der Waals surface area contributed by atoms with Crippen molar-refractivity contribution in [3.8, 4) is 22.6 Å². The molecule has 30 heavy (non-hydrogen) atoms. The minimum absolute atomic E-state index is 0.00962. The molecule has 6 nitrogen and oxygen atoms in total. The van der Waals surface area contributed by atoms with Crippen molar-refractivity contribution in [3.63, 3.8) is 0 Å². The molecule has 0 aliphatic carbocycles. The van der Waals surface area contributed by atoms with Gasteiger partial charge in [0.25, 0.3) is 5.91 Å². The van der Waals surface area contributed by atoms with Crippen LogP contribution in [0.5, 0.6) is 0 Å². The van der Waals surface area contributed by atoms with E-state index in [4.69, 9.17) is 4.42 Å². The number of aromatic nitrogens is 3. The number of aryl methyl sites for hydroxylation is 1. The summed E-state index contributed by atoms with van der Waals surface area (Å²) < 4.78 is 19.1. The lowest BCUT2D eigenvalue weighted by Gasteiger charge is -2.02. The van der Waals surface area contributed by atoms with E-state index in [1.807, 2.05) is 38.3 Å². The van der Waals surface area contributed by atoms with Gasteiger partial charge in [-0.2, -0.15) is 0 Å². The fourth-order valence-corrected chi connectivity index (χ4v) is 3.52. The second-order valence-corrected chi connectivity index (χ2v) is 7.96. The topological polar surface area (TPSA) is 80.9 Å². The molecular formula is C22H19FN4O2S. The molecule has 4 rings (SSSR count). The summed E-state index contributed by atoms with van der Waals surface area (Å²) in [4.78, 5) is 26.2. The van der Waals surface area contributed by atoms with Gasteiger partial charge in [0.2, 0.25) is 5.76 Å². The van der Waals surface area contributed by atoms with E-state index in [1.54, 1.807) is 18.3 Å². The number of pyridine rings is 1. The van der Waals surface area contributed by atoms with Crippen LogP contribution in [0.3, 0.4) is 0 Å². The molecule has 3 heterocycles. The van der Waals surface area contributed by atoms with Crippen LogP contribution in [0.4, 0.5) is 9.52 Å². The van der Waals surface area contributed by atoms with Crippen LogP contribution < -0.4 is 5.32 Å². The number of anilines is 1. The number of amides is 1. The highest BCUT2D eigenvalue weighted by Gasteiger charge is 2.24. The Morgan fingerprint density at radius 2 is 1.90 bits per heavy atom. The summed E-state index contributed by atoms with van der Waals surface area (Å²) in [6, 6.07) is 9.62. The third-order valence-electron chi connectivity index (χ3n) is 4.36. The maximum atomic E-state index is 13.3. The second-order valence-electron chi connectivity index (χ2n) is 7.10. The highest BCUT2D eigenvalue weighted by molar-refractivity contribution is 7.14. The number of carbonyl (C=O) groups is 1. The average molecular weight is 422 g/mol. The molecule has 8 heteroatoms. The number of nitrogens with zero attached hydrogens (tertiary/aromatic N) is 3. The van der Waals surface area contributed by atoms with Gasteiger partial charge in [0.15, 0.2) is 11.0 Å². The van der Waals surface area contributed by atoms with Crippen LogP contribution in [0, 0.1) is 12.7 Å². The van der Waals surface area contributed by atoms with E-state index < -0.39 is 5.91 Å². The van der Waals surface area contributed by atoms with Gasteiger partial charge >= 0.3 is 0 Å². The fraction of sp³-hybridized carbons (Fsp3) is 0.182. The number of thiazole rings is 1. The first-order chi connectivity index (χ1) is 14.4. The number of rotatable bonds is 5. The molecule has 1 N–H and O–H groups in total. The zero-order chi connectivity index (χ0) is 21.3. The van der Waals surface area contributed by atoms with Crippen molar-refractivity contribution in [1.82, 2.24) is 15.0 Å². The Labute approximate surface area is 176 Å². The molecule has 0 bridgehead atoms. The van der Waals surface area contributed by atoms with Crippen molar-refractivity contribution in [1.29, 1.82) is 0 Å². The Hall–Kier alpha value is -3.39. The molecule has 0 saturated heterocycles. The van der Waals surface area contributed by atoms with Crippen LogP contribution in [-0.2, 0) is 0 Å². The summed E-state index contributed by atoms with van der Waals surface area (Å²) in [5.74, 6) is -0.340. The molecule has 0 spiro atoms. The van der Waals surface area contributed by atoms with Crippen molar-refractivity contribution < 1.29 is 13.6 Å². The van der Waals surface area contributed by atoms with Gasteiger partial charge in [-0.25, -0.2) is 14.4 Å². The number of hydrogen-bond acceptors (Lipinski definition) is 6. The van der Waals surface area contributed by atoms with Crippen LogP contribution in [0.25, 0.3) is 22.6 Å². The predicted octanol–water partition coefficient (Wildman–Crippen LogP) is 5.68. The molecule has 0 fully saturated rings. The summed E-state index contributed by atoms with van der Waals surface area (Å²) in [6.45, 7) is 5.82. The Bertz CT molecular complexity index is 1200. The Kier molecular flexibility index (Phi) is 5.41. The van der Waals surface area contributed by atoms with E-state index in [9.17, 15) is 9.18 Å². The largest absolute Gasteiger partial charge is 0.435 e. The highest BCUT2D eigenvalue weighted by Crippen LogP contribution is 2.29. The standard InChI is InChI=1S/C22H19FN4O2S/c1-12(2)21-26-18(14-4-6-15(23)7-5-14)19(29-21)20(28)27-22-25-17(11-30-22)16-10-13(3)8-9-24-16/h4-12H,1-3H3,(H,25,27,28). The monoisotopic (exact) mass is 422 g/mol. The Morgan fingerprint density at radius 3 is 2.60 bits per heavy atom. The zero-order valence-corrected chi connectivity index (χ0v) is 17.5. The summed E-state index contributed by atoms with van der Waals surface area (Å²) in [6.07, 6.45) is 1.72. The first-order valence-electron chi connectivity index (χ1n) is 9.37. The van der Waals surface area contributed by atoms with E-state index in [0.717, 1.165) is 11.3 Å². The lowest BCUT2D eigenvalue weighted by atomic mass is 10.1. The number of nitrogens with one attached hydrogen (secondary N) is 1. The van der Waals surface area contributed by atoms with Gasteiger partial charge in [-0.1, -0.05) is 13.8 Å². The van der Waals surface area contributed by atoms with Crippen molar-refractivity contribution in [2.45, 2.75) is 26.7 Å². The summed E-state index contributed by atoms with van der Waals surface area (Å²) in [5, 5.41) is 5.02. The quantitative estimate of drug-likeness (QED) is 0.447. The van der Waals surface area contributed by atoms with Gasteiger partial charge in [0, 0.05) is 23.1 Å². The number of halogens is 1. The molecule has 0 unspecified atom stereocenters. The Morgan fingerprint density at radius 1 is 1.13 bits per heavy atom. The normalized spacial score (nSPS) is 11.1. The Balaban J connectivity index is 1.63. The van der Waals surface area contributed by atoms with Crippen molar-refractivity contribution >= 4 is 22.4 Å². The van der Waals surface area contributed by atoms with Crippen LogP contribution in [0.15, 0.2) is 52.4 Å². The second kappa shape index (κ2) is 8.16. The summed E-state index contributed by atoms with van der Waals surface area (Å²) >= 11 is 1.30. The molecule has 0 aliphatic rings. The molecule has 3 aromatic heterocycles. The molecule has 0 atom stereocenters. The van der Waals surface area contributed by atoms with E-state index in [-0.39, 0.29) is 17.5 Å². The fourth-order valence-electron chi connectivity index (χ4n) is 2.82. The van der Waals surface area contributed by atoms with Gasteiger partial charge in [0.1, 0.15) is 17.2 Å². The van der Waals surface area contributed by atoms with Crippen LogP contribution in [0.2, 0.25) is 0 Å². The molecule has 0 saturated carbocycles. The van der Waals surface area contributed by atoms with Crippen LogP contribution in [0.1, 0.15) is 41.8 Å². The van der Waals surface area contributed by atoms with Gasteiger partial charge in [-0.3, -0.25) is 15.1 Å². The molecule has 4 aromatic rings. The lowest BCUT2D eigenvalue weighted by Crippen LogP contribution is -2.12. The smallest absolute Gasteiger partial charge is 0.295 e. The third kappa shape index (κ3) is 4.13. The molecule has 0 aliphatic heterocycles. The van der Waals surface area contributed by atoms with E-state index in [0.29, 0.717) is 28.0 Å². The van der Waals surface area contributed by atoms with Crippen molar-refractivity contribution in [3.05, 3.63) is 71.0 Å². The van der Waals surface area contributed by atoms with E-state index in [1.165, 1.54) is 23.5 Å². The zero-order valence-electron chi connectivity index (χ0n) is 16.6. The predicted molar refractivity (Wildman–Crippen MR) is 114 cm³/mol. The lowest BCUT2D eigenvalue weighted by molar-refractivity contribution is 0.0995. The minimum Gasteiger partial charge on any atom is -0.435 e.